The maximum absolute atomic E-state index is 14.0. The molecule has 11 heteroatoms. The van der Waals surface area contributed by atoms with E-state index in [1.54, 1.807) is 20.8 Å². The van der Waals surface area contributed by atoms with Gasteiger partial charge in [0.2, 0.25) is 10.0 Å². The van der Waals surface area contributed by atoms with Gasteiger partial charge in [-0.25, -0.2) is 21.9 Å². The Labute approximate surface area is 173 Å². The van der Waals surface area contributed by atoms with Gasteiger partial charge in [-0.1, -0.05) is 13.0 Å². The van der Waals surface area contributed by atoms with Crippen molar-refractivity contribution in [2.75, 3.05) is 5.32 Å². The third-order valence-corrected chi connectivity index (χ3v) is 5.98. The summed E-state index contributed by atoms with van der Waals surface area (Å²) in [7, 11) is -3.97. The van der Waals surface area contributed by atoms with Crippen LogP contribution in [0.4, 0.5) is 20.2 Å². The number of aliphatic hydroxyl groups excluding tert-OH is 1. The normalized spacial score (nSPS) is 13.8. The molecule has 0 aliphatic carbocycles. The molecular weight excluding hydrogens is 420 g/mol. The summed E-state index contributed by atoms with van der Waals surface area (Å²) in [6.07, 6.45) is -1.47. The Bertz CT molecular complexity index is 1010. The lowest BCUT2D eigenvalue weighted by Gasteiger charge is -2.25. The van der Waals surface area contributed by atoms with E-state index in [0.29, 0.717) is 0 Å². The Hall–Kier alpha value is -2.63. The minimum Gasteiger partial charge on any atom is -0.386 e. The fraction of sp³-hybridized carbons (Fsp3) is 0.368. The van der Waals surface area contributed by atoms with Gasteiger partial charge in [0, 0.05) is 12.1 Å². The van der Waals surface area contributed by atoms with Crippen LogP contribution in [0.25, 0.3) is 0 Å². The first-order valence-electron chi connectivity index (χ1n) is 9.17. The second-order valence-corrected chi connectivity index (χ2v) is 8.67. The fourth-order valence-corrected chi connectivity index (χ4v) is 4.20. The Morgan fingerprint density at radius 1 is 1.17 bits per heavy atom. The Morgan fingerprint density at radius 3 is 2.27 bits per heavy atom. The van der Waals surface area contributed by atoms with Gasteiger partial charge in [0.15, 0.2) is 0 Å². The van der Waals surface area contributed by atoms with Crippen molar-refractivity contribution < 1.29 is 27.2 Å². The molecule has 2 aromatic rings. The number of hydrogen-bond donors (Lipinski definition) is 3. The molecule has 0 heterocycles. The molecule has 0 aliphatic rings. The van der Waals surface area contributed by atoms with E-state index in [2.05, 4.69) is 10.0 Å². The van der Waals surface area contributed by atoms with E-state index in [9.17, 15) is 32.4 Å². The van der Waals surface area contributed by atoms with Crippen molar-refractivity contribution >= 4 is 21.4 Å². The second-order valence-electron chi connectivity index (χ2n) is 6.95. The minimum absolute atomic E-state index is 0.0915. The SMILES string of the molecule is CCC(Nc1ccc(S(=O)(=O)NC(C)C)cc1[N+](=O)[O-])C(O)c1c(F)cccc1F. The van der Waals surface area contributed by atoms with Gasteiger partial charge in [-0.3, -0.25) is 10.1 Å². The van der Waals surface area contributed by atoms with Gasteiger partial charge < -0.3 is 10.4 Å². The monoisotopic (exact) mass is 443 g/mol. The Kier molecular flexibility index (Phi) is 7.45. The van der Waals surface area contributed by atoms with Crippen molar-refractivity contribution in [1.82, 2.24) is 4.72 Å². The van der Waals surface area contributed by atoms with E-state index in [1.165, 1.54) is 12.1 Å². The predicted molar refractivity (Wildman–Crippen MR) is 108 cm³/mol. The molecular formula is C19H23F2N3O5S. The highest BCUT2D eigenvalue weighted by Gasteiger charge is 2.28. The molecule has 2 unspecified atom stereocenters. The lowest BCUT2D eigenvalue weighted by atomic mass is 9.98. The van der Waals surface area contributed by atoms with E-state index in [1.807, 2.05) is 0 Å². The average Bonchev–Trinajstić information content (AvgIpc) is 2.64. The van der Waals surface area contributed by atoms with Crippen molar-refractivity contribution in [3.63, 3.8) is 0 Å². The van der Waals surface area contributed by atoms with Crippen LogP contribution in [0.5, 0.6) is 0 Å². The molecule has 0 amide bonds. The van der Waals surface area contributed by atoms with Gasteiger partial charge in [0.1, 0.15) is 23.4 Å². The first kappa shape index (κ1) is 23.6. The first-order chi connectivity index (χ1) is 14.0. The van der Waals surface area contributed by atoms with Crippen molar-refractivity contribution in [3.8, 4) is 0 Å². The number of nitro groups is 1. The predicted octanol–water partition coefficient (Wildman–Crippen LogP) is 3.48. The van der Waals surface area contributed by atoms with Crippen LogP contribution in [0, 0.1) is 21.7 Å². The number of nitro benzene ring substituents is 1. The van der Waals surface area contributed by atoms with E-state index < -0.39 is 56.0 Å². The van der Waals surface area contributed by atoms with E-state index >= 15 is 0 Å². The number of rotatable bonds is 9. The lowest BCUT2D eigenvalue weighted by Crippen LogP contribution is -2.30. The highest BCUT2D eigenvalue weighted by atomic mass is 32.2. The van der Waals surface area contributed by atoms with Gasteiger partial charge in [-0.2, -0.15) is 0 Å². The summed E-state index contributed by atoms with van der Waals surface area (Å²) < 4.78 is 55.0. The molecule has 0 radical (unpaired) electrons. The number of hydrogen-bond acceptors (Lipinski definition) is 6. The Morgan fingerprint density at radius 2 is 1.77 bits per heavy atom. The molecule has 0 saturated heterocycles. The third-order valence-electron chi connectivity index (χ3n) is 4.32. The molecule has 0 bridgehead atoms. The fourth-order valence-electron chi connectivity index (χ4n) is 2.93. The molecule has 2 rings (SSSR count). The number of halogens is 2. The van der Waals surface area contributed by atoms with Crippen LogP contribution in [0.1, 0.15) is 38.9 Å². The summed E-state index contributed by atoms with van der Waals surface area (Å²) in [4.78, 5) is 10.4. The van der Waals surface area contributed by atoms with E-state index in [-0.39, 0.29) is 17.0 Å². The van der Waals surface area contributed by atoms with Crippen molar-refractivity contribution in [1.29, 1.82) is 0 Å². The van der Waals surface area contributed by atoms with E-state index in [4.69, 9.17) is 0 Å². The first-order valence-corrected chi connectivity index (χ1v) is 10.7. The van der Waals surface area contributed by atoms with Crippen LogP contribution in [0.15, 0.2) is 41.3 Å². The zero-order chi connectivity index (χ0) is 22.6. The molecule has 3 N–H and O–H groups in total. The molecule has 0 aromatic heterocycles. The second kappa shape index (κ2) is 9.45. The van der Waals surface area contributed by atoms with Crippen LogP contribution in [-0.4, -0.2) is 30.5 Å². The molecule has 30 heavy (non-hydrogen) atoms. The highest BCUT2D eigenvalue weighted by Crippen LogP contribution is 2.32. The quantitative estimate of drug-likeness (QED) is 0.403. The summed E-state index contributed by atoms with van der Waals surface area (Å²) >= 11 is 0. The number of nitrogens with one attached hydrogen (secondary N) is 2. The zero-order valence-corrected chi connectivity index (χ0v) is 17.4. The molecule has 0 aliphatic heterocycles. The van der Waals surface area contributed by atoms with Gasteiger partial charge in [0.05, 0.1) is 21.4 Å². The minimum atomic E-state index is -3.97. The summed E-state index contributed by atoms with van der Waals surface area (Å²) in [6, 6.07) is 4.99. The average molecular weight is 443 g/mol. The summed E-state index contributed by atoms with van der Waals surface area (Å²) in [5, 5.41) is 24.7. The van der Waals surface area contributed by atoms with Gasteiger partial charge in [-0.05, 0) is 44.5 Å². The van der Waals surface area contributed by atoms with Crippen LogP contribution in [0.2, 0.25) is 0 Å². The number of anilines is 1. The topological polar surface area (TPSA) is 122 Å². The van der Waals surface area contributed by atoms with Gasteiger partial charge in [0.25, 0.3) is 5.69 Å². The lowest BCUT2D eigenvalue weighted by molar-refractivity contribution is -0.384. The van der Waals surface area contributed by atoms with Crippen molar-refractivity contribution in [2.24, 2.45) is 0 Å². The van der Waals surface area contributed by atoms with Crippen molar-refractivity contribution in [3.05, 3.63) is 63.7 Å². The summed E-state index contributed by atoms with van der Waals surface area (Å²) in [6.45, 7) is 4.84. The zero-order valence-electron chi connectivity index (χ0n) is 16.6. The van der Waals surface area contributed by atoms with Crippen LogP contribution in [0.3, 0.4) is 0 Å². The third kappa shape index (κ3) is 5.29. The summed E-state index contributed by atoms with van der Waals surface area (Å²) in [5.74, 6) is -1.89. The largest absolute Gasteiger partial charge is 0.386 e. The number of sulfonamides is 1. The number of benzene rings is 2. The standard InChI is InChI=1S/C19H23F2N3O5S/c1-4-15(19(25)18-13(20)6-5-7-14(18)21)22-16-9-8-12(10-17(16)24(26)27)30(28,29)23-11(2)3/h5-11,15,19,22-23,25H,4H2,1-3H3. The summed E-state index contributed by atoms with van der Waals surface area (Å²) in [5.41, 5.74) is -1.20. The van der Waals surface area contributed by atoms with Crippen molar-refractivity contribution in [2.45, 2.75) is 50.3 Å². The maximum Gasteiger partial charge on any atom is 0.293 e. The molecule has 2 aromatic carbocycles. The van der Waals surface area contributed by atoms with Crippen LogP contribution < -0.4 is 10.0 Å². The molecule has 0 saturated carbocycles. The molecule has 0 spiro atoms. The molecule has 164 valence electrons. The maximum atomic E-state index is 14.0. The Balaban J connectivity index is 2.42. The molecule has 8 nitrogen and oxygen atoms in total. The molecule has 0 fully saturated rings. The highest BCUT2D eigenvalue weighted by molar-refractivity contribution is 7.89. The van der Waals surface area contributed by atoms with Gasteiger partial charge >= 0.3 is 0 Å². The van der Waals surface area contributed by atoms with Crippen LogP contribution >= 0.6 is 0 Å². The van der Waals surface area contributed by atoms with Gasteiger partial charge in [-0.15, -0.1) is 0 Å². The van der Waals surface area contributed by atoms with Crippen LogP contribution in [-0.2, 0) is 10.0 Å². The van der Waals surface area contributed by atoms with E-state index in [0.717, 1.165) is 24.3 Å². The number of nitrogens with zero attached hydrogens (tertiary/aromatic N) is 1. The number of aliphatic hydroxyl groups is 1. The smallest absolute Gasteiger partial charge is 0.293 e. The molecule has 2 atom stereocenters.